The minimum absolute atomic E-state index is 0.0607. The van der Waals surface area contributed by atoms with Gasteiger partial charge in [-0.05, 0) is 38.1 Å². The Labute approximate surface area is 165 Å². The minimum atomic E-state index is -1.07. The Bertz CT molecular complexity index is 1040. The number of nitrogens with two attached hydrogens (primary N) is 1. The smallest absolute Gasteiger partial charge is 0.357 e. The van der Waals surface area contributed by atoms with Gasteiger partial charge in [0.05, 0.1) is 5.56 Å². The van der Waals surface area contributed by atoms with E-state index in [1.165, 1.54) is 36.9 Å². The van der Waals surface area contributed by atoms with Crippen LogP contribution in [0.1, 0.15) is 28.7 Å². The van der Waals surface area contributed by atoms with Crippen LogP contribution in [0.5, 0.6) is 5.88 Å². The molecule has 3 rings (SSSR count). The first kappa shape index (κ1) is 20.1. The first-order valence-corrected chi connectivity index (χ1v) is 8.64. The molecule has 0 aliphatic carbocycles. The van der Waals surface area contributed by atoms with Crippen molar-refractivity contribution >= 4 is 11.9 Å². The number of esters is 1. The summed E-state index contributed by atoms with van der Waals surface area (Å²) < 4.78 is 30.3. The van der Waals surface area contributed by atoms with E-state index in [2.05, 4.69) is 10.3 Å². The molecule has 29 heavy (non-hydrogen) atoms. The Morgan fingerprint density at radius 1 is 1.31 bits per heavy atom. The average molecular weight is 402 g/mol. The van der Waals surface area contributed by atoms with Crippen molar-refractivity contribution in [3.05, 3.63) is 53.2 Å². The van der Waals surface area contributed by atoms with Crippen molar-refractivity contribution in [1.29, 1.82) is 0 Å². The number of carbonyl (C=O) groups is 2. The summed E-state index contributed by atoms with van der Waals surface area (Å²) in [5.74, 6) is -1.17. The first-order chi connectivity index (χ1) is 13.8. The van der Waals surface area contributed by atoms with Crippen LogP contribution in [0, 0.1) is 12.7 Å². The maximum absolute atomic E-state index is 13.2. The fraction of sp³-hybridized carbons (Fsp3) is 0.263. The predicted molar refractivity (Wildman–Crippen MR) is 98.2 cm³/mol. The molecule has 0 aliphatic rings. The van der Waals surface area contributed by atoms with Crippen molar-refractivity contribution in [3.8, 4) is 17.1 Å². The number of aryl methyl sites for hydroxylation is 2. The largest absolute Gasteiger partial charge is 0.471 e. The van der Waals surface area contributed by atoms with Crippen molar-refractivity contribution in [3.63, 3.8) is 0 Å². The molecule has 2 N–H and O–H groups in total. The number of amides is 1. The number of halogens is 1. The van der Waals surface area contributed by atoms with E-state index in [1.54, 1.807) is 19.1 Å². The molecule has 152 valence electrons. The van der Waals surface area contributed by atoms with Gasteiger partial charge in [-0.3, -0.25) is 9.48 Å². The van der Waals surface area contributed by atoms with Crippen LogP contribution in [-0.2, 0) is 23.2 Å². The Morgan fingerprint density at radius 2 is 2.00 bits per heavy atom. The second-order valence-corrected chi connectivity index (χ2v) is 6.30. The van der Waals surface area contributed by atoms with E-state index in [0.29, 0.717) is 22.6 Å². The van der Waals surface area contributed by atoms with Gasteiger partial charge in [0.2, 0.25) is 5.88 Å². The van der Waals surface area contributed by atoms with Gasteiger partial charge in [-0.15, -0.1) is 5.10 Å². The molecule has 0 fully saturated rings. The maximum atomic E-state index is 13.2. The molecular weight excluding hydrogens is 383 g/mol. The van der Waals surface area contributed by atoms with Crippen molar-refractivity contribution in [2.45, 2.75) is 26.6 Å². The minimum Gasteiger partial charge on any atom is -0.471 e. The maximum Gasteiger partial charge on any atom is 0.357 e. The van der Waals surface area contributed by atoms with E-state index in [4.69, 9.17) is 19.7 Å². The normalized spacial score (nSPS) is 11.9. The van der Waals surface area contributed by atoms with Gasteiger partial charge >= 0.3 is 5.97 Å². The van der Waals surface area contributed by atoms with E-state index in [-0.39, 0.29) is 24.0 Å². The highest BCUT2D eigenvalue weighted by atomic mass is 19.1. The summed E-state index contributed by atoms with van der Waals surface area (Å²) in [6, 6.07) is 7.22. The van der Waals surface area contributed by atoms with Gasteiger partial charge in [0.25, 0.3) is 5.91 Å². The number of hydrogen-bond donors (Lipinski definition) is 1. The molecule has 10 heteroatoms. The van der Waals surface area contributed by atoms with Crippen LogP contribution in [0.25, 0.3) is 11.3 Å². The zero-order chi connectivity index (χ0) is 21.1. The summed E-state index contributed by atoms with van der Waals surface area (Å²) in [4.78, 5) is 23.2. The van der Waals surface area contributed by atoms with Crippen molar-refractivity contribution in [2.24, 2.45) is 12.8 Å². The van der Waals surface area contributed by atoms with Gasteiger partial charge in [0, 0.05) is 18.7 Å². The zero-order valence-electron chi connectivity index (χ0n) is 16.0. The fourth-order valence-corrected chi connectivity index (χ4v) is 2.52. The van der Waals surface area contributed by atoms with Crippen LogP contribution in [0.3, 0.4) is 0 Å². The monoisotopic (exact) mass is 402 g/mol. The molecule has 9 nitrogen and oxygen atoms in total. The topological polar surface area (TPSA) is 122 Å². The fourth-order valence-electron chi connectivity index (χ4n) is 2.52. The molecule has 0 bridgehead atoms. The van der Waals surface area contributed by atoms with Gasteiger partial charge in [-0.1, -0.05) is 5.16 Å². The third-order valence-corrected chi connectivity index (χ3v) is 4.22. The highest BCUT2D eigenvalue weighted by molar-refractivity contribution is 5.90. The number of primary amides is 1. The lowest BCUT2D eigenvalue weighted by Gasteiger charge is -2.08. The number of carbonyl (C=O) groups excluding carboxylic acids is 2. The highest BCUT2D eigenvalue weighted by Gasteiger charge is 2.21. The van der Waals surface area contributed by atoms with E-state index < -0.39 is 18.0 Å². The molecular formula is C19H19FN4O5. The van der Waals surface area contributed by atoms with Crippen molar-refractivity contribution in [2.75, 3.05) is 0 Å². The molecule has 0 unspecified atom stereocenters. The SMILES string of the molecule is Cc1onc(-c2ccc(F)cc2)c1COc1cc(C(=O)O[C@@H](C)C(N)=O)n(C)n1. The van der Waals surface area contributed by atoms with Crippen molar-refractivity contribution in [1.82, 2.24) is 14.9 Å². The Kier molecular flexibility index (Phi) is 5.62. The summed E-state index contributed by atoms with van der Waals surface area (Å²) in [6.45, 7) is 3.16. The second kappa shape index (κ2) is 8.13. The molecule has 1 amide bonds. The van der Waals surface area contributed by atoms with Gasteiger partial charge in [0.15, 0.2) is 6.10 Å². The molecule has 2 heterocycles. The van der Waals surface area contributed by atoms with Crippen molar-refractivity contribution < 1.29 is 28.0 Å². The Hall–Kier alpha value is -3.69. The molecule has 1 aromatic carbocycles. The molecule has 3 aromatic rings. The highest BCUT2D eigenvalue weighted by Crippen LogP contribution is 2.26. The Morgan fingerprint density at radius 3 is 2.66 bits per heavy atom. The molecule has 0 spiro atoms. The quantitative estimate of drug-likeness (QED) is 0.601. The summed E-state index contributed by atoms with van der Waals surface area (Å²) in [5, 5.41) is 8.11. The van der Waals surface area contributed by atoms with Crippen LogP contribution in [-0.4, -0.2) is 32.9 Å². The van der Waals surface area contributed by atoms with Gasteiger partial charge in [-0.2, -0.15) is 0 Å². The lowest BCUT2D eigenvalue weighted by molar-refractivity contribution is -0.125. The number of rotatable bonds is 7. The molecule has 2 aromatic heterocycles. The van der Waals surface area contributed by atoms with E-state index in [9.17, 15) is 14.0 Å². The van der Waals surface area contributed by atoms with Gasteiger partial charge in [0.1, 0.15) is 29.6 Å². The van der Waals surface area contributed by atoms with Crippen LogP contribution in [0.2, 0.25) is 0 Å². The van der Waals surface area contributed by atoms with Crippen LogP contribution >= 0.6 is 0 Å². The summed E-state index contributed by atoms with van der Waals surface area (Å²) >= 11 is 0. The van der Waals surface area contributed by atoms with E-state index in [1.807, 2.05) is 0 Å². The number of aromatic nitrogens is 3. The summed E-state index contributed by atoms with van der Waals surface area (Å²) in [5.41, 5.74) is 7.04. The zero-order valence-corrected chi connectivity index (χ0v) is 16.0. The van der Waals surface area contributed by atoms with Crippen LogP contribution in [0.4, 0.5) is 4.39 Å². The lowest BCUT2D eigenvalue weighted by atomic mass is 10.1. The number of nitrogens with zero attached hydrogens (tertiary/aromatic N) is 3. The average Bonchev–Trinajstić information content (AvgIpc) is 3.23. The Balaban J connectivity index is 1.75. The van der Waals surface area contributed by atoms with Gasteiger partial charge < -0.3 is 19.7 Å². The molecule has 0 saturated heterocycles. The number of benzene rings is 1. The summed E-state index contributed by atoms with van der Waals surface area (Å²) in [6.07, 6.45) is -1.07. The van der Waals surface area contributed by atoms with E-state index >= 15 is 0 Å². The second-order valence-electron chi connectivity index (χ2n) is 6.30. The van der Waals surface area contributed by atoms with Crippen LogP contribution in [0.15, 0.2) is 34.9 Å². The van der Waals surface area contributed by atoms with E-state index in [0.717, 1.165) is 0 Å². The summed E-state index contributed by atoms with van der Waals surface area (Å²) in [7, 11) is 1.53. The molecule has 0 saturated carbocycles. The first-order valence-electron chi connectivity index (χ1n) is 8.64. The molecule has 0 radical (unpaired) electrons. The lowest BCUT2D eigenvalue weighted by Crippen LogP contribution is -2.31. The molecule has 0 aliphatic heterocycles. The van der Waals surface area contributed by atoms with Gasteiger partial charge in [-0.25, -0.2) is 9.18 Å². The predicted octanol–water partition coefficient (Wildman–Crippen LogP) is 2.13. The molecule has 1 atom stereocenters. The number of ether oxygens (including phenoxy) is 2. The third kappa shape index (κ3) is 4.42. The number of hydrogen-bond acceptors (Lipinski definition) is 7. The standard InChI is InChI=1S/C19H19FN4O5/c1-10-14(17(23-29-10)12-4-6-13(20)7-5-12)9-27-16-8-15(24(3)22-16)19(26)28-11(2)18(21)25/h4-8,11H,9H2,1-3H3,(H2,21,25)/t11-/m0/s1. The third-order valence-electron chi connectivity index (χ3n) is 4.22. The van der Waals surface area contributed by atoms with Crippen LogP contribution < -0.4 is 10.5 Å².